The first kappa shape index (κ1) is 29.3. The van der Waals surface area contributed by atoms with Crippen molar-refractivity contribution in [2.45, 2.75) is 110 Å². The van der Waals surface area contributed by atoms with Crippen LogP contribution in [0.2, 0.25) is 5.02 Å². The van der Waals surface area contributed by atoms with E-state index >= 15 is 0 Å². The number of halogens is 1. The second kappa shape index (κ2) is 20.8. The zero-order valence-electron chi connectivity index (χ0n) is 20.6. The number of hydrogen-bond donors (Lipinski definition) is 2. The van der Waals surface area contributed by atoms with E-state index in [1.54, 1.807) is 24.3 Å². The number of nitrogens with one attached hydrogen (secondary N) is 2. The molecule has 0 saturated carbocycles. The van der Waals surface area contributed by atoms with Gasteiger partial charge in [0.1, 0.15) is 12.3 Å². The minimum atomic E-state index is -0.658. The number of carbonyl (C=O) groups excluding carboxylic acids is 2. The largest absolute Gasteiger partial charge is 0.413 e. The third-order valence-corrected chi connectivity index (χ3v) is 6.02. The van der Waals surface area contributed by atoms with Gasteiger partial charge >= 0.3 is 6.09 Å². The lowest BCUT2D eigenvalue weighted by Crippen LogP contribution is -2.38. The van der Waals surface area contributed by atoms with Crippen LogP contribution in [0.25, 0.3) is 0 Å². The highest BCUT2D eigenvalue weighted by Crippen LogP contribution is 2.15. The predicted octanol–water partition coefficient (Wildman–Crippen LogP) is 7.81. The predicted molar refractivity (Wildman–Crippen MR) is 138 cm³/mol. The highest BCUT2D eigenvalue weighted by molar-refractivity contribution is 6.30. The van der Waals surface area contributed by atoms with E-state index in [9.17, 15) is 9.59 Å². The minimum absolute atomic E-state index is 0.0920. The van der Waals surface area contributed by atoms with E-state index in [1.165, 1.54) is 89.9 Å². The van der Waals surface area contributed by atoms with Gasteiger partial charge in [-0.2, -0.15) is 0 Å². The van der Waals surface area contributed by atoms with Crippen LogP contribution in [-0.2, 0) is 4.79 Å². The molecular weight excluding hydrogens is 436 g/mol. The summed E-state index contributed by atoms with van der Waals surface area (Å²) in [6, 6.07) is 6.46. The maximum atomic E-state index is 11.8. The fourth-order valence-electron chi connectivity index (χ4n) is 3.76. The Bertz CT molecular complexity index is 622. The van der Waals surface area contributed by atoms with Crippen LogP contribution < -0.4 is 15.4 Å². The Morgan fingerprint density at radius 1 is 0.697 bits per heavy atom. The van der Waals surface area contributed by atoms with Gasteiger partial charge in [0.25, 0.3) is 0 Å². The quantitative estimate of drug-likeness (QED) is 0.187. The monoisotopic (exact) mass is 480 g/mol. The van der Waals surface area contributed by atoms with Crippen LogP contribution in [0, 0.1) is 0 Å². The average Bonchev–Trinajstić information content (AvgIpc) is 2.81. The average molecular weight is 481 g/mol. The fraction of sp³-hybridized carbons (Fsp3) is 0.704. The van der Waals surface area contributed by atoms with Crippen molar-refractivity contribution < 1.29 is 14.3 Å². The van der Waals surface area contributed by atoms with Crippen LogP contribution in [0.5, 0.6) is 5.75 Å². The molecule has 1 aromatic rings. The lowest BCUT2D eigenvalue weighted by atomic mass is 10.0. The lowest BCUT2D eigenvalue weighted by molar-refractivity contribution is -0.120. The van der Waals surface area contributed by atoms with Gasteiger partial charge in [0, 0.05) is 11.6 Å². The summed E-state index contributed by atoms with van der Waals surface area (Å²) in [5, 5.41) is 5.84. The molecule has 0 aliphatic carbocycles. The first-order valence-electron chi connectivity index (χ1n) is 13.1. The number of amides is 2. The van der Waals surface area contributed by atoms with Gasteiger partial charge in [-0.3, -0.25) is 4.79 Å². The minimum Gasteiger partial charge on any atom is -0.410 e. The van der Waals surface area contributed by atoms with E-state index in [0.717, 1.165) is 12.8 Å². The van der Waals surface area contributed by atoms with Crippen LogP contribution in [0.15, 0.2) is 24.3 Å². The molecule has 2 amide bonds. The summed E-state index contributed by atoms with van der Waals surface area (Å²) < 4.78 is 5.07. The lowest BCUT2D eigenvalue weighted by Gasteiger charge is -2.08. The maximum absolute atomic E-state index is 11.8. The molecule has 2 N–H and O–H groups in total. The molecule has 6 heteroatoms. The molecule has 0 saturated heterocycles. The molecule has 0 bridgehead atoms. The van der Waals surface area contributed by atoms with Crippen LogP contribution in [0.1, 0.15) is 110 Å². The van der Waals surface area contributed by atoms with Gasteiger partial charge in [-0.25, -0.2) is 4.79 Å². The summed E-state index contributed by atoms with van der Waals surface area (Å²) in [6.45, 7) is 2.82. The molecule has 1 rings (SSSR count). The summed E-state index contributed by atoms with van der Waals surface area (Å²) in [5.41, 5.74) is 0. The SMILES string of the molecule is CCCCCCCCCCCCCCCCCCNC(=O)CNC(=O)Oc1ccc(Cl)cc1. The van der Waals surface area contributed by atoms with Crippen LogP contribution in [0.4, 0.5) is 4.79 Å². The molecule has 0 unspecified atom stereocenters. The molecule has 33 heavy (non-hydrogen) atoms. The van der Waals surface area contributed by atoms with Gasteiger partial charge in [0.05, 0.1) is 0 Å². The molecule has 0 aliphatic heterocycles. The van der Waals surface area contributed by atoms with Gasteiger partial charge in [0.2, 0.25) is 5.91 Å². The smallest absolute Gasteiger partial charge is 0.410 e. The van der Waals surface area contributed by atoms with Crippen molar-refractivity contribution in [2.75, 3.05) is 13.1 Å². The van der Waals surface area contributed by atoms with E-state index in [2.05, 4.69) is 17.6 Å². The van der Waals surface area contributed by atoms with Gasteiger partial charge < -0.3 is 15.4 Å². The summed E-state index contributed by atoms with van der Waals surface area (Å²) in [5.74, 6) is 0.175. The zero-order chi connectivity index (χ0) is 24.0. The first-order chi connectivity index (χ1) is 16.1. The molecule has 0 fully saturated rings. The summed E-state index contributed by atoms with van der Waals surface area (Å²) in [7, 11) is 0. The van der Waals surface area contributed by atoms with Crippen molar-refractivity contribution in [1.82, 2.24) is 10.6 Å². The van der Waals surface area contributed by atoms with Crippen molar-refractivity contribution in [3.63, 3.8) is 0 Å². The van der Waals surface area contributed by atoms with Crippen molar-refractivity contribution in [1.29, 1.82) is 0 Å². The number of carbonyl (C=O) groups is 2. The molecule has 0 heterocycles. The zero-order valence-corrected chi connectivity index (χ0v) is 21.4. The molecule has 0 atom stereocenters. The van der Waals surface area contributed by atoms with Gasteiger partial charge in [0.15, 0.2) is 0 Å². The van der Waals surface area contributed by atoms with Crippen LogP contribution >= 0.6 is 11.6 Å². The number of benzene rings is 1. The summed E-state index contributed by atoms with van der Waals surface area (Å²) >= 11 is 5.78. The Balaban J connectivity index is 1.81. The fourth-order valence-corrected chi connectivity index (χ4v) is 3.89. The Morgan fingerprint density at radius 2 is 1.15 bits per heavy atom. The molecule has 0 aliphatic rings. The first-order valence-corrected chi connectivity index (χ1v) is 13.5. The normalized spacial score (nSPS) is 10.7. The number of hydrogen-bond acceptors (Lipinski definition) is 3. The van der Waals surface area contributed by atoms with Gasteiger partial charge in [-0.05, 0) is 30.7 Å². The maximum Gasteiger partial charge on any atom is 0.413 e. The van der Waals surface area contributed by atoms with E-state index in [1.807, 2.05) is 0 Å². The Morgan fingerprint density at radius 3 is 1.64 bits per heavy atom. The number of ether oxygens (including phenoxy) is 1. The molecule has 5 nitrogen and oxygen atoms in total. The van der Waals surface area contributed by atoms with Crippen molar-refractivity contribution in [3.05, 3.63) is 29.3 Å². The number of unbranched alkanes of at least 4 members (excludes halogenated alkanes) is 15. The van der Waals surface area contributed by atoms with Gasteiger partial charge in [-0.15, -0.1) is 0 Å². The Hall–Kier alpha value is -1.75. The molecule has 188 valence electrons. The van der Waals surface area contributed by atoms with E-state index < -0.39 is 6.09 Å². The van der Waals surface area contributed by atoms with Crippen molar-refractivity contribution >= 4 is 23.6 Å². The second-order valence-corrected chi connectivity index (χ2v) is 9.29. The topological polar surface area (TPSA) is 67.4 Å². The Labute approximate surface area is 206 Å². The molecule has 0 spiro atoms. The summed E-state index contributed by atoms with van der Waals surface area (Å²) in [4.78, 5) is 23.5. The summed E-state index contributed by atoms with van der Waals surface area (Å²) in [6.07, 6.45) is 20.6. The van der Waals surface area contributed by atoms with Crippen molar-refractivity contribution in [2.24, 2.45) is 0 Å². The van der Waals surface area contributed by atoms with E-state index in [-0.39, 0.29) is 12.5 Å². The molecule has 0 aromatic heterocycles. The molecule has 0 radical (unpaired) electrons. The second-order valence-electron chi connectivity index (χ2n) is 8.85. The Kier molecular flexibility index (Phi) is 18.5. The van der Waals surface area contributed by atoms with E-state index in [4.69, 9.17) is 16.3 Å². The molecule has 1 aromatic carbocycles. The van der Waals surface area contributed by atoms with Crippen molar-refractivity contribution in [3.8, 4) is 5.75 Å². The van der Waals surface area contributed by atoms with Gasteiger partial charge in [-0.1, -0.05) is 115 Å². The highest BCUT2D eigenvalue weighted by Gasteiger charge is 2.07. The van der Waals surface area contributed by atoms with E-state index in [0.29, 0.717) is 17.3 Å². The third-order valence-electron chi connectivity index (χ3n) is 5.77. The standard InChI is InChI=1S/C27H45ClN2O3/c1-2-3-4-5-6-7-8-9-10-11-12-13-14-15-16-17-22-29-26(31)23-30-27(32)33-25-20-18-24(28)19-21-25/h18-21H,2-17,22-23H2,1H3,(H,29,31)(H,30,32). The molecular formula is C27H45ClN2O3. The highest BCUT2D eigenvalue weighted by atomic mass is 35.5. The third kappa shape index (κ3) is 18.4. The van der Waals surface area contributed by atoms with Crippen LogP contribution in [0.3, 0.4) is 0 Å². The number of rotatable bonds is 20. The van der Waals surface area contributed by atoms with Crippen LogP contribution in [-0.4, -0.2) is 25.1 Å².